The van der Waals surface area contributed by atoms with E-state index in [9.17, 15) is 4.79 Å². The molecule has 2 heteroatoms. The molecule has 0 aromatic heterocycles. The summed E-state index contributed by atoms with van der Waals surface area (Å²) in [4.78, 5) is 12.6. The Morgan fingerprint density at radius 1 is 1.45 bits per heavy atom. The van der Waals surface area contributed by atoms with Gasteiger partial charge in [0.25, 0.3) is 0 Å². The maximum atomic E-state index is 10.3. The molecular formula is C9H19NO. The highest BCUT2D eigenvalue weighted by Crippen LogP contribution is 2.19. The summed E-state index contributed by atoms with van der Waals surface area (Å²) in [6, 6.07) is 0.461. The van der Waals surface area contributed by atoms with Crippen LogP contribution in [-0.4, -0.2) is 30.8 Å². The minimum Gasteiger partial charge on any atom is -0.303 e. The standard InChI is InChI=1S/C7H13NO.C2H6/c1-6-7(5-9)3-4-8(6)2;1-2/h5-7H,3-4H2,1-2H3;1-2H3. The van der Waals surface area contributed by atoms with E-state index in [4.69, 9.17) is 0 Å². The molecule has 0 amide bonds. The summed E-state index contributed by atoms with van der Waals surface area (Å²) in [5.41, 5.74) is 0. The lowest BCUT2D eigenvalue weighted by atomic mass is 10.0. The Bertz CT molecular complexity index is 114. The Morgan fingerprint density at radius 2 is 2.00 bits per heavy atom. The number of aldehydes is 1. The molecular weight excluding hydrogens is 138 g/mol. The Hall–Kier alpha value is -0.370. The van der Waals surface area contributed by atoms with Gasteiger partial charge in [-0.2, -0.15) is 0 Å². The van der Waals surface area contributed by atoms with Crippen LogP contribution < -0.4 is 0 Å². The zero-order valence-corrected chi connectivity index (χ0v) is 8.00. The zero-order chi connectivity index (χ0) is 8.85. The van der Waals surface area contributed by atoms with Gasteiger partial charge < -0.3 is 9.69 Å². The second kappa shape index (κ2) is 5.30. The molecule has 0 spiro atoms. The molecule has 2 nitrogen and oxygen atoms in total. The van der Waals surface area contributed by atoms with Gasteiger partial charge >= 0.3 is 0 Å². The lowest BCUT2D eigenvalue weighted by Gasteiger charge is -2.15. The molecule has 0 radical (unpaired) electrons. The number of hydrogen-bond donors (Lipinski definition) is 0. The van der Waals surface area contributed by atoms with Gasteiger partial charge in [0.1, 0.15) is 6.29 Å². The fourth-order valence-electron chi connectivity index (χ4n) is 1.31. The first-order chi connectivity index (χ1) is 5.25. The van der Waals surface area contributed by atoms with E-state index in [1.54, 1.807) is 0 Å². The first-order valence-electron chi connectivity index (χ1n) is 4.41. The SMILES string of the molecule is CC.CC1C(C=O)CCN1C. The minimum atomic E-state index is 0.287. The van der Waals surface area contributed by atoms with E-state index in [1.165, 1.54) is 0 Å². The monoisotopic (exact) mass is 157 g/mol. The van der Waals surface area contributed by atoms with Crippen LogP contribution in [0.4, 0.5) is 0 Å². The van der Waals surface area contributed by atoms with Crippen molar-refractivity contribution >= 4 is 6.29 Å². The van der Waals surface area contributed by atoms with Crippen LogP contribution in [0.1, 0.15) is 27.2 Å². The van der Waals surface area contributed by atoms with E-state index >= 15 is 0 Å². The number of nitrogens with zero attached hydrogens (tertiary/aromatic N) is 1. The summed E-state index contributed by atoms with van der Waals surface area (Å²) in [7, 11) is 2.06. The maximum absolute atomic E-state index is 10.3. The molecule has 1 saturated heterocycles. The summed E-state index contributed by atoms with van der Waals surface area (Å²) >= 11 is 0. The Kier molecular flexibility index (Phi) is 5.12. The fraction of sp³-hybridized carbons (Fsp3) is 0.889. The highest BCUT2D eigenvalue weighted by molar-refractivity contribution is 5.55. The molecule has 1 rings (SSSR count). The van der Waals surface area contributed by atoms with Crippen LogP contribution in [0.25, 0.3) is 0 Å². The average Bonchev–Trinajstić information content (AvgIpc) is 2.37. The van der Waals surface area contributed by atoms with Crippen molar-refractivity contribution < 1.29 is 4.79 Å². The van der Waals surface area contributed by atoms with Crippen molar-refractivity contribution in [2.75, 3.05) is 13.6 Å². The highest BCUT2D eigenvalue weighted by atomic mass is 16.1. The van der Waals surface area contributed by atoms with Crippen molar-refractivity contribution in [3.8, 4) is 0 Å². The second-order valence-corrected chi connectivity index (χ2v) is 2.81. The van der Waals surface area contributed by atoms with Crippen LogP contribution in [0.5, 0.6) is 0 Å². The predicted molar refractivity (Wildman–Crippen MR) is 47.6 cm³/mol. The van der Waals surface area contributed by atoms with Gasteiger partial charge in [0, 0.05) is 12.0 Å². The highest BCUT2D eigenvalue weighted by Gasteiger charge is 2.26. The molecule has 0 aliphatic carbocycles. The van der Waals surface area contributed by atoms with Crippen molar-refractivity contribution in [3.05, 3.63) is 0 Å². The van der Waals surface area contributed by atoms with Crippen molar-refractivity contribution in [1.82, 2.24) is 4.90 Å². The van der Waals surface area contributed by atoms with Gasteiger partial charge in [-0.15, -0.1) is 0 Å². The summed E-state index contributed by atoms with van der Waals surface area (Å²) in [6.07, 6.45) is 2.12. The smallest absolute Gasteiger partial charge is 0.124 e. The molecule has 0 bridgehead atoms. The number of rotatable bonds is 1. The van der Waals surface area contributed by atoms with E-state index in [2.05, 4.69) is 18.9 Å². The van der Waals surface area contributed by atoms with Gasteiger partial charge in [-0.25, -0.2) is 0 Å². The van der Waals surface area contributed by atoms with Crippen LogP contribution in [-0.2, 0) is 4.79 Å². The van der Waals surface area contributed by atoms with Gasteiger partial charge in [0.2, 0.25) is 0 Å². The summed E-state index contributed by atoms with van der Waals surface area (Å²) in [5, 5.41) is 0. The van der Waals surface area contributed by atoms with Gasteiger partial charge in [-0.1, -0.05) is 13.8 Å². The predicted octanol–water partition coefficient (Wildman–Crippen LogP) is 1.55. The maximum Gasteiger partial charge on any atom is 0.124 e. The van der Waals surface area contributed by atoms with Crippen molar-refractivity contribution in [1.29, 1.82) is 0 Å². The topological polar surface area (TPSA) is 20.3 Å². The molecule has 2 atom stereocenters. The Balaban J connectivity index is 0.000000461. The second-order valence-electron chi connectivity index (χ2n) is 2.81. The van der Waals surface area contributed by atoms with Gasteiger partial charge in [-0.05, 0) is 26.9 Å². The molecule has 11 heavy (non-hydrogen) atoms. The van der Waals surface area contributed by atoms with Crippen LogP contribution in [0, 0.1) is 5.92 Å². The first-order valence-corrected chi connectivity index (χ1v) is 4.41. The van der Waals surface area contributed by atoms with E-state index in [1.807, 2.05) is 13.8 Å². The van der Waals surface area contributed by atoms with Gasteiger partial charge in [0.05, 0.1) is 0 Å². The minimum absolute atomic E-state index is 0.287. The first kappa shape index (κ1) is 10.6. The van der Waals surface area contributed by atoms with Crippen LogP contribution >= 0.6 is 0 Å². The zero-order valence-electron chi connectivity index (χ0n) is 8.00. The third kappa shape index (κ3) is 2.62. The molecule has 1 aliphatic heterocycles. The molecule has 1 fully saturated rings. The Morgan fingerprint density at radius 3 is 2.18 bits per heavy atom. The van der Waals surface area contributed by atoms with Crippen molar-refractivity contribution in [2.24, 2.45) is 5.92 Å². The number of carbonyl (C=O) groups excluding carboxylic acids is 1. The molecule has 0 aromatic carbocycles. The molecule has 0 N–H and O–H groups in total. The van der Waals surface area contributed by atoms with Crippen molar-refractivity contribution in [2.45, 2.75) is 33.2 Å². The van der Waals surface area contributed by atoms with Gasteiger partial charge in [-0.3, -0.25) is 0 Å². The molecule has 66 valence electrons. The van der Waals surface area contributed by atoms with Crippen LogP contribution in [0.2, 0.25) is 0 Å². The third-order valence-corrected chi connectivity index (χ3v) is 2.30. The molecule has 0 aromatic rings. The van der Waals surface area contributed by atoms with Crippen LogP contribution in [0.15, 0.2) is 0 Å². The number of carbonyl (C=O) groups is 1. The molecule has 0 saturated carbocycles. The Labute approximate surface area is 69.6 Å². The lowest BCUT2D eigenvalue weighted by Crippen LogP contribution is -2.26. The van der Waals surface area contributed by atoms with E-state index < -0.39 is 0 Å². The molecule has 2 unspecified atom stereocenters. The molecule has 1 heterocycles. The number of likely N-dealkylation sites (tertiary alicyclic amines) is 1. The largest absolute Gasteiger partial charge is 0.303 e. The fourth-order valence-corrected chi connectivity index (χ4v) is 1.31. The van der Waals surface area contributed by atoms with Gasteiger partial charge in [0.15, 0.2) is 0 Å². The summed E-state index contributed by atoms with van der Waals surface area (Å²) in [5.74, 6) is 0.287. The summed E-state index contributed by atoms with van der Waals surface area (Å²) in [6.45, 7) is 7.18. The summed E-state index contributed by atoms with van der Waals surface area (Å²) < 4.78 is 0. The lowest BCUT2D eigenvalue weighted by molar-refractivity contribution is -0.111. The van der Waals surface area contributed by atoms with Crippen molar-refractivity contribution in [3.63, 3.8) is 0 Å². The van der Waals surface area contributed by atoms with E-state index in [0.29, 0.717) is 6.04 Å². The third-order valence-electron chi connectivity index (χ3n) is 2.30. The van der Waals surface area contributed by atoms with Crippen LogP contribution in [0.3, 0.4) is 0 Å². The molecule has 1 aliphatic rings. The normalized spacial score (nSPS) is 30.9. The van der Waals surface area contributed by atoms with E-state index in [-0.39, 0.29) is 5.92 Å². The van der Waals surface area contributed by atoms with E-state index in [0.717, 1.165) is 19.3 Å². The number of hydrogen-bond acceptors (Lipinski definition) is 2. The quantitative estimate of drug-likeness (QED) is 0.538. The average molecular weight is 157 g/mol.